The van der Waals surface area contributed by atoms with E-state index in [0.29, 0.717) is 0 Å². The molecule has 0 saturated carbocycles. The second kappa shape index (κ2) is 22.1. The van der Waals surface area contributed by atoms with Crippen LogP contribution in [-0.4, -0.2) is 28.4 Å². The standard InChI is InChI=1S/C86H57B2N5Se/c1-8-30-58(31-9-1)83-67-44-22-24-46-69(67)86(70-47-25-23-45-68(70)83)90(61-36-14-4-15-37-61)66-54-80-85-82(55-66)94-81-57-77-73(56-74(81)88(85)72-49-27-29-51-76(72)92(80)63-40-18-6-19-41-63)87-71-48-26-28-50-75(71)91(62-38-16-5-17-39-62)78-52-65(53-79(84(78)87)93(77)64-42-20-7-21-43-64)89(59-32-10-2-11-33-59)60-34-12-3-13-35-60/h1-57H. The monoisotopic (exact) mass is 1260 g/mol. The minimum atomic E-state index is -0.180. The second-order valence-corrected chi connectivity index (χ2v) is 27.0. The van der Waals surface area contributed by atoms with Crippen LogP contribution in [0.2, 0.25) is 0 Å². The maximum atomic E-state index is 2.67. The van der Waals surface area contributed by atoms with Crippen LogP contribution < -0.4 is 66.2 Å². The molecule has 0 saturated heterocycles. The fourth-order valence-electron chi connectivity index (χ4n) is 15.8. The minimum absolute atomic E-state index is 0.0681. The van der Waals surface area contributed by atoms with Gasteiger partial charge in [0, 0.05) is 0 Å². The van der Waals surface area contributed by atoms with E-state index in [9.17, 15) is 0 Å². The Labute approximate surface area is 554 Å². The van der Waals surface area contributed by atoms with Gasteiger partial charge in [-0.1, -0.05) is 0 Å². The van der Waals surface area contributed by atoms with Crippen molar-refractivity contribution in [3.8, 4) is 11.1 Å². The van der Waals surface area contributed by atoms with E-state index in [4.69, 9.17) is 0 Å². The predicted octanol–water partition coefficient (Wildman–Crippen LogP) is 16.9. The summed E-state index contributed by atoms with van der Waals surface area (Å²) in [4.78, 5) is 12.7. The van der Waals surface area contributed by atoms with Crippen LogP contribution in [-0.2, 0) is 0 Å². The molecule has 0 bridgehead atoms. The van der Waals surface area contributed by atoms with E-state index in [-0.39, 0.29) is 28.4 Å². The van der Waals surface area contributed by atoms with Crippen molar-refractivity contribution in [2.45, 2.75) is 0 Å². The average molecular weight is 1260 g/mol. The Morgan fingerprint density at radius 1 is 0.245 bits per heavy atom. The molecule has 15 aromatic carbocycles. The molecule has 0 fully saturated rings. The van der Waals surface area contributed by atoms with Gasteiger partial charge >= 0.3 is 558 Å². The quantitative estimate of drug-likeness (QED) is 0.0999. The van der Waals surface area contributed by atoms with E-state index >= 15 is 0 Å². The van der Waals surface area contributed by atoms with Crippen LogP contribution in [0.3, 0.4) is 0 Å². The number of fused-ring (bicyclic) bond motifs is 10. The number of hydrogen-bond donors (Lipinski definition) is 0. The second-order valence-electron chi connectivity index (χ2n) is 24.7. The molecule has 0 atom stereocenters. The van der Waals surface area contributed by atoms with E-state index in [1.54, 1.807) is 0 Å². The van der Waals surface area contributed by atoms with Crippen LogP contribution in [0.25, 0.3) is 32.7 Å². The van der Waals surface area contributed by atoms with Crippen molar-refractivity contribution in [1.82, 2.24) is 0 Å². The molecule has 0 N–H and O–H groups in total. The summed E-state index contributed by atoms with van der Waals surface area (Å²) in [5, 5.41) is 4.83. The molecule has 4 heterocycles. The Morgan fingerprint density at radius 2 is 0.617 bits per heavy atom. The van der Waals surface area contributed by atoms with Gasteiger partial charge in [-0.25, -0.2) is 0 Å². The van der Waals surface area contributed by atoms with Gasteiger partial charge in [0.05, 0.1) is 0 Å². The number of para-hydroxylation sites is 8. The Kier molecular flexibility index (Phi) is 12.8. The molecule has 0 aliphatic carbocycles. The normalized spacial score (nSPS) is 13.0. The maximum absolute atomic E-state index is 2.67. The summed E-state index contributed by atoms with van der Waals surface area (Å²) in [7, 11) is 0. The number of nitrogens with zero attached hydrogens (tertiary/aromatic N) is 5. The molecule has 0 unspecified atom stereocenters. The van der Waals surface area contributed by atoms with Crippen LogP contribution in [0.5, 0.6) is 0 Å². The van der Waals surface area contributed by atoms with Crippen molar-refractivity contribution in [2.24, 2.45) is 0 Å². The molecule has 0 spiro atoms. The molecule has 438 valence electrons. The van der Waals surface area contributed by atoms with E-state index in [1.165, 1.54) is 97.1 Å². The number of rotatable bonds is 10. The summed E-state index contributed by atoms with van der Waals surface area (Å²) < 4.78 is 2.76. The third-order valence-electron chi connectivity index (χ3n) is 19.5. The summed E-state index contributed by atoms with van der Waals surface area (Å²) in [6.45, 7) is -0.174. The SMILES string of the molecule is c1ccc(-c2c3ccccc3c(N(c3ccccc3)c3cc4c5c(c3)N(c3ccccc3)c3ccccc3B5c3cc5c(cc3[Se]4)N(c3ccccc3)c3cc(N(c4ccccc4)c4ccccc4)cc4c3B5c3ccccc3N4c3ccccc3)c3ccccc23)cc1. The molecule has 0 amide bonds. The van der Waals surface area contributed by atoms with Crippen molar-refractivity contribution in [3.05, 3.63) is 346 Å². The first-order valence-electron chi connectivity index (χ1n) is 32.4. The molecule has 0 radical (unpaired) electrons. The third-order valence-corrected chi connectivity index (χ3v) is 21.9. The molecule has 4 aliphatic heterocycles. The van der Waals surface area contributed by atoms with Crippen LogP contribution in [0.15, 0.2) is 346 Å². The van der Waals surface area contributed by atoms with Crippen molar-refractivity contribution >= 4 is 177 Å². The van der Waals surface area contributed by atoms with Crippen LogP contribution in [0, 0.1) is 0 Å². The number of benzene rings is 15. The van der Waals surface area contributed by atoms with E-state index in [2.05, 4.69) is 370 Å². The molecule has 15 aromatic rings. The molecular formula is C86H57B2N5Se. The van der Waals surface area contributed by atoms with Crippen molar-refractivity contribution < 1.29 is 0 Å². The van der Waals surface area contributed by atoms with Crippen LogP contribution in [0.4, 0.5) is 85.3 Å². The van der Waals surface area contributed by atoms with Gasteiger partial charge in [-0.2, -0.15) is 0 Å². The zero-order valence-electron chi connectivity index (χ0n) is 51.2. The topological polar surface area (TPSA) is 16.2 Å². The van der Waals surface area contributed by atoms with Gasteiger partial charge in [0.2, 0.25) is 0 Å². The van der Waals surface area contributed by atoms with Gasteiger partial charge in [0.1, 0.15) is 0 Å². The Hall–Kier alpha value is -11.5. The number of anilines is 15. The first kappa shape index (κ1) is 54.2. The third kappa shape index (κ3) is 8.50. The summed E-state index contributed by atoms with van der Waals surface area (Å²) >= 11 is -0.180. The summed E-state index contributed by atoms with van der Waals surface area (Å²) in [5.74, 6) is 0. The molecule has 8 heteroatoms. The van der Waals surface area contributed by atoms with Gasteiger partial charge in [0.25, 0.3) is 0 Å². The Morgan fingerprint density at radius 3 is 1.11 bits per heavy atom. The fraction of sp³-hybridized carbons (Fsp3) is 0. The molecule has 4 aliphatic rings. The van der Waals surface area contributed by atoms with Crippen LogP contribution >= 0.6 is 0 Å². The van der Waals surface area contributed by atoms with E-state index in [0.717, 1.165) is 62.6 Å². The van der Waals surface area contributed by atoms with E-state index < -0.39 is 0 Å². The zero-order chi connectivity index (χ0) is 61.8. The van der Waals surface area contributed by atoms with Crippen molar-refractivity contribution in [3.63, 3.8) is 0 Å². The first-order valence-corrected chi connectivity index (χ1v) is 34.1. The fourth-order valence-corrected chi connectivity index (χ4v) is 18.3. The van der Waals surface area contributed by atoms with Gasteiger partial charge in [-0.05, 0) is 0 Å². The summed E-state index contributed by atoms with van der Waals surface area (Å²) in [6, 6.07) is 129. The van der Waals surface area contributed by atoms with Gasteiger partial charge < -0.3 is 0 Å². The zero-order valence-corrected chi connectivity index (χ0v) is 52.9. The van der Waals surface area contributed by atoms with Gasteiger partial charge in [-0.3, -0.25) is 0 Å². The first-order chi connectivity index (χ1) is 46.7. The van der Waals surface area contributed by atoms with E-state index in [1.807, 2.05) is 0 Å². The van der Waals surface area contributed by atoms with Crippen molar-refractivity contribution in [2.75, 3.05) is 24.5 Å². The average Bonchev–Trinajstić information content (AvgIpc) is 0.697. The Bertz CT molecular complexity index is 5360. The van der Waals surface area contributed by atoms with Gasteiger partial charge in [0.15, 0.2) is 0 Å². The predicted molar refractivity (Wildman–Crippen MR) is 401 cm³/mol. The Balaban J connectivity index is 0.889. The summed E-state index contributed by atoms with van der Waals surface area (Å²) in [5.41, 5.74) is 27.5. The summed E-state index contributed by atoms with van der Waals surface area (Å²) in [6.07, 6.45) is 0. The molecule has 94 heavy (non-hydrogen) atoms. The molecule has 0 aromatic heterocycles. The van der Waals surface area contributed by atoms with Crippen molar-refractivity contribution in [1.29, 1.82) is 0 Å². The number of hydrogen-bond acceptors (Lipinski definition) is 5. The van der Waals surface area contributed by atoms with Crippen LogP contribution in [0.1, 0.15) is 0 Å². The van der Waals surface area contributed by atoms with Gasteiger partial charge in [-0.15, -0.1) is 0 Å². The molecule has 19 rings (SSSR count). The molecule has 5 nitrogen and oxygen atoms in total. The molecular weight excluding hydrogens is 1200 g/mol.